The fourth-order valence-corrected chi connectivity index (χ4v) is 2.12. The van der Waals surface area contributed by atoms with Gasteiger partial charge in [-0.25, -0.2) is 5.43 Å². The van der Waals surface area contributed by atoms with E-state index in [0.717, 1.165) is 29.1 Å². The number of benzene rings is 1. The summed E-state index contributed by atoms with van der Waals surface area (Å²) in [6.45, 7) is 4.75. The zero-order valence-corrected chi connectivity index (χ0v) is 12.0. The molecule has 0 bridgehead atoms. The van der Waals surface area contributed by atoms with Crippen molar-refractivity contribution in [3.63, 3.8) is 0 Å². The van der Waals surface area contributed by atoms with E-state index >= 15 is 0 Å². The molecule has 4 nitrogen and oxygen atoms in total. The highest BCUT2D eigenvalue weighted by Gasteiger charge is 2.18. The molecule has 1 aromatic carbocycles. The van der Waals surface area contributed by atoms with Gasteiger partial charge in [-0.2, -0.15) is 0 Å². The Morgan fingerprint density at radius 1 is 1.20 bits per heavy atom. The molecule has 1 atom stereocenters. The molecule has 0 spiro atoms. The number of hydrazine groups is 1. The molecule has 1 heterocycles. The van der Waals surface area contributed by atoms with Gasteiger partial charge in [0.1, 0.15) is 5.75 Å². The molecule has 0 aliphatic carbocycles. The number of hydrogen-bond acceptors (Lipinski definition) is 4. The second-order valence-corrected chi connectivity index (χ2v) is 4.69. The zero-order valence-electron chi connectivity index (χ0n) is 12.0. The molecule has 1 unspecified atom stereocenters. The predicted molar refractivity (Wildman–Crippen MR) is 80.4 cm³/mol. The van der Waals surface area contributed by atoms with Gasteiger partial charge in [-0.1, -0.05) is 31.2 Å². The van der Waals surface area contributed by atoms with E-state index in [-0.39, 0.29) is 6.04 Å². The van der Waals surface area contributed by atoms with Gasteiger partial charge in [0.05, 0.1) is 18.3 Å². The first-order valence-corrected chi connectivity index (χ1v) is 6.87. The zero-order chi connectivity index (χ0) is 14.4. The maximum absolute atomic E-state index is 5.80. The van der Waals surface area contributed by atoms with Crippen LogP contribution in [0.15, 0.2) is 42.5 Å². The predicted octanol–water partition coefficient (Wildman–Crippen LogP) is 2.73. The van der Waals surface area contributed by atoms with Crippen LogP contribution in [0.4, 0.5) is 0 Å². The average molecular weight is 271 g/mol. The number of hydrogen-bond donors (Lipinski definition) is 2. The first kappa shape index (κ1) is 14.5. The standard InChI is InChI=1S/C16H21N3O/c1-3-11-20-15-10-5-4-8-13(15)16(19-17)14-9-6-7-12(2)18-14/h4-10,16,19H,3,11,17H2,1-2H3. The Balaban J connectivity index is 2.36. The Labute approximate surface area is 120 Å². The number of nitrogens with two attached hydrogens (primary N) is 1. The van der Waals surface area contributed by atoms with Crippen LogP contribution in [0.5, 0.6) is 5.75 Å². The van der Waals surface area contributed by atoms with Crippen LogP contribution in [0.3, 0.4) is 0 Å². The summed E-state index contributed by atoms with van der Waals surface area (Å²) in [6.07, 6.45) is 0.970. The third-order valence-electron chi connectivity index (χ3n) is 3.06. The Morgan fingerprint density at radius 2 is 2.00 bits per heavy atom. The van der Waals surface area contributed by atoms with Gasteiger partial charge in [0.2, 0.25) is 0 Å². The van der Waals surface area contributed by atoms with E-state index in [4.69, 9.17) is 10.6 Å². The van der Waals surface area contributed by atoms with Gasteiger partial charge >= 0.3 is 0 Å². The lowest BCUT2D eigenvalue weighted by Gasteiger charge is -2.19. The van der Waals surface area contributed by atoms with Crippen molar-refractivity contribution in [3.05, 3.63) is 59.4 Å². The molecular weight excluding hydrogens is 250 g/mol. The molecule has 106 valence electrons. The number of aryl methyl sites for hydroxylation is 1. The van der Waals surface area contributed by atoms with Crippen LogP contribution in [0, 0.1) is 6.92 Å². The minimum atomic E-state index is -0.178. The fraction of sp³-hybridized carbons (Fsp3) is 0.312. The first-order valence-electron chi connectivity index (χ1n) is 6.87. The summed E-state index contributed by atoms with van der Waals surface area (Å²) in [4.78, 5) is 4.54. The molecule has 0 saturated carbocycles. The van der Waals surface area contributed by atoms with Gasteiger partial charge in [0.15, 0.2) is 0 Å². The minimum absolute atomic E-state index is 0.178. The van der Waals surface area contributed by atoms with Crippen LogP contribution in [0.2, 0.25) is 0 Å². The molecule has 3 N–H and O–H groups in total. The number of aromatic nitrogens is 1. The highest BCUT2D eigenvalue weighted by atomic mass is 16.5. The summed E-state index contributed by atoms with van der Waals surface area (Å²) in [5.41, 5.74) is 5.69. The van der Waals surface area contributed by atoms with Gasteiger partial charge < -0.3 is 4.74 Å². The van der Waals surface area contributed by atoms with Crippen LogP contribution >= 0.6 is 0 Å². The number of pyridine rings is 1. The summed E-state index contributed by atoms with van der Waals surface area (Å²) in [5.74, 6) is 6.59. The van der Waals surface area contributed by atoms with Crippen LogP contribution in [-0.4, -0.2) is 11.6 Å². The summed E-state index contributed by atoms with van der Waals surface area (Å²) < 4.78 is 5.80. The minimum Gasteiger partial charge on any atom is -0.493 e. The molecule has 2 aromatic rings. The van der Waals surface area contributed by atoms with Gasteiger partial charge in [-0.05, 0) is 31.5 Å². The summed E-state index contributed by atoms with van der Waals surface area (Å²) in [6, 6.07) is 13.7. The number of nitrogens with one attached hydrogen (secondary N) is 1. The lowest BCUT2D eigenvalue weighted by atomic mass is 10.0. The van der Waals surface area contributed by atoms with E-state index in [0.29, 0.717) is 6.61 Å². The Morgan fingerprint density at radius 3 is 2.70 bits per heavy atom. The third-order valence-corrected chi connectivity index (χ3v) is 3.06. The van der Waals surface area contributed by atoms with Crippen LogP contribution in [0.25, 0.3) is 0 Å². The number of ether oxygens (including phenoxy) is 1. The molecular formula is C16H21N3O. The molecule has 0 radical (unpaired) electrons. The van der Waals surface area contributed by atoms with Crippen molar-refractivity contribution in [1.29, 1.82) is 0 Å². The maximum atomic E-state index is 5.80. The van der Waals surface area contributed by atoms with Crippen molar-refractivity contribution in [2.24, 2.45) is 5.84 Å². The Hall–Kier alpha value is -1.91. The van der Waals surface area contributed by atoms with Crippen molar-refractivity contribution in [3.8, 4) is 5.75 Å². The highest BCUT2D eigenvalue weighted by Crippen LogP contribution is 2.28. The average Bonchev–Trinajstić information content (AvgIpc) is 2.47. The van der Waals surface area contributed by atoms with Gasteiger partial charge in [0, 0.05) is 11.3 Å². The number of rotatable bonds is 6. The van der Waals surface area contributed by atoms with Gasteiger partial charge in [-0.3, -0.25) is 10.8 Å². The first-order chi connectivity index (χ1) is 9.76. The van der Waals surface area contributed by atoms with Crippen molar-refractivity contribution in [2.75, 3.05) is 6.61 Å². The summed E-state index contributed by atoms with van der Waals surface area (Å²) >= 11 is 0. The van der Waals surface area contributed by atoms with Gasteiger partial charge in [0.25, 0.3) is 0 Å². The van der Waals surface area contributed by atoms with Crippen LogP contribution in [0.1, 0.15) is 36.3 Å². The molecule has 0 fully saturated rings. The topological polar surface area (TPSA) is 60.2 Å². The van der Waals surface area contributed by atoms with Crippen LogP contribution in [-0.2, 0) is 0 Å². The second kappa shape index (κ2) is 7.03. The van der Waals surface area contributed by atoms with Crippen LogP contribution < -0.4 is 16.0 Å². The van der Waals surface area contributed by atoms with E-state index in [9.17, 15) is 0 Å². The smallest absolute Gasteiger partial charge is 0.124 e. The second-order valence-electron chi connectivity index (χ2n) is 4.69. The maximum Gasteiger partial charge on any atom is 0.124 e. The molecule has 20 heavy (non-hydrogen) atoms. The summed E-state index contributed by atoms with van der Waals surface area (Å²) in [7, 11) is 0. The number of para-hydroxylation sites is 1. The highest BCUT2D eigenvalue weighted by molar-refractivity contribution is 5.40. The lowest BCUT2D eigenvalue weighted by Crippen LogP contribution is -2.30. The molecule has 2 rings (SSSR count). The van der Waals surface area contributed by atoms with Crippen molar-refractivity contribution in [2.45, 2.75) is 26.3 Å². The van der Waals surface area contributed by atoms with E-state index in [2.05, 4.69) is 17.3 Å². The van der Waals surface area contributed by atoms with Crippen molar-refractivity contribution >= 4 is 0 Å². The lowest BCUT2D eigenvalue weighted by molar-refractivity contribution is 0.311. The molecule has 0 aliphatic rings. The Bertz CT molecular complexity index is 557. The molecule has 4 heteroatoms. The van der Waals surface area contributed by atoms with Gasteiger partial charge in [-0.15, -0.1) is 0 Å². The van der Waals surface area contributed by atoms with E-state index in [1.54, 1.807) is 0 Å². The monoisotopic (exact) mass is 271 g/mol. The van der Waals surface area contributed by atoms with E-state index in [1.165, 1.54) is 0 Å². The van der Waals surface area contributed by atoms with Crippen molar-refractivity contribution in [1.82, 2.24) is 10.4 Å². The van der Waals surface area contributed by atoms with E-state index in [1.807, 2.05) is 49.4 Å². The molecule has 0 amide bonds. The molecule has 0 aliphatic heterocycles. The Kier molecular flexibility index (Phi) is 5.09. The van der Waals surface area contributed by atoms with Crippen molar-refractivity contribution < 1.29 is 4.74 Å². The fourth-order valence-electron chi connectivity index (χ4n) is 2.12. The summed E-state index contributed by atoms with van der Waals surface area (Å²) in [5, 5.41) is 0. The quantitative estimate of drug-likeness (QED) is 0.626. The SMILES string of the molecule is CCCOc1ccccc1C(NN)c1cccc(C)n1. The third kappa shape index (κ3) is 3.35. The molecule has 1 aromatic heterocycles. The van der Waals surface area contributed by atoms with E-state index < -0.39 is 0 Å². The number of nitrogens with zero attached hydrogens (tertiary/aromatic N) is 1. The largest absolute Gasteiger partial charge is 0.493 e. The molecule has 0 saturated heterocycles. The normalized spacial score (nSPS) is 12.2.